The Labute approximate surface area is 186 Å². The molecule has 1 heterocycles. The molecular formula is C23H28N4O3S. The van der Waals surface area contributed by atoms with E-state index in [1.807, 2.05) is 45.3 Å². The molecule has 0 atom stereocenters. The van der Waals surface area contributed by atoms with Crippen LogP contribution >= 0.6 is 11.3 Å². The number of hydrogen-bond acceptors (Lipinski definition) is 8. The number of anilines is 3. The van der Waals surface area contributed by atoms with E-state index in [2.05, 4.69) is 15.2 Å². The third-order valence-electron chi connectivity index (χ3n) is 4.63. The number of ketones is 1. The molecule has 31 heavy (non-hydrogen) atoms. The minimum Gasteiger partial charge on any atom is -0.508 e. The maximum Gasteiger partial charge on any atom is 0.206 e. The Hall–Kier alpha value is -3.10. The predicted octanol–water partition coefficient (Wildman–Crippen LogP) is 4.30. The summed E-state index contributed by atoms with van der Waals surface area (Å²) in [7, 11) is 4.00. The van der Waals surface area contributed by atoms with Gasteiger partial charge in [-0.15, -0.1) is 0 Å². The lowest BCUT2D eigenvalue weighted by Crippen LogP contribution is -2.19. The Morgan fingerprint density at radius 1 is 1.23 bits per heavy atom. The molecule has 3 aromatic rings. The quantitative estimate of drug-likeness (QED) is 0.404. The molecule has 7 nitrogen and oxygen atoms in total. The number of phenolic OH excluding ortho intramolecular Hbond substituents is 1. The normalized spacial score (nSPS) is 11.0. The van der Waals surface area contributed by atoms with Crippen molar-refractivity contribution in [2.75, 3.05) is 38.3 Å². The second-order valence-electron chi connectivity index (χ2n) is 7.46. The van der Waals surface area contributed by atoms with Gasteiger partial charge >= 0.3 is 0 Å². The zero-order valence-electron chi connectivity index (χ0n) is 18.0. The van der Waals surface area contributed by atoms with E-state index in [9.17, 15) is 9.90 Å². The van der Waals surface area contributed by atoms with Crippen molar-refractivity contribution in [3.05, 3.63) is 58.5 Å². The number of aromatic nitrogens is 1. The first-order valence-corrected chi connectivity index (χ1v) is 11.0. The lowest BCUT2D eigenvalue weighted by Gasteiger charge is -2.11. The van der Waals surface area contributed by atoms with Crippen LogP contribution in [0.3, 0.4) is 0 Å². The number of ether oxygens (including phenoxy) is 1. The van der Waals surface area contributed by atoms with Crippen LogP contribution in [0.1, 0.15) is 34.1 Å². The number of hydrogen-bond donors (Lipinski definition) is 3. The highest BCUT2D eigenvalue weighted by Crippen LogP contribution is 2.31. The van der Waals surface area contributed by atoms with E-state index in [0.29, 0.717) is 28.6 Å². The Bertz CT molecular complexity index is 1030. The number of nitrogens with one attached hydrogen (secondary N) is 1. The van der Waals surface area contributed by atoms with Crippen LogP contribution in [0.5, 0.6) is 11.5 Å². The summed E-state index contributed by atoms with van der Waals surface area (Å²) in [5, 5.41) is 13.7. The first-order chi connectivity index (χ1) is 14.9. The Balaban J connectivity index is 1.69. The Morgan fingerprint density at radius 3 is 2.65 bits per heavy atom. The number of rotatable bonds is 10. The summed E-state index contributed by atoms with van der Waals surface area (Å²) in [6.45, 7) is 3.48. The Morgan fingerprint density at radius 2 is 1.97 bits per heavy atom. The molecule has 0 aliphatic carbocycles. The molecule has 0 spiro atoms. The summed E-state index contributed by atoms with van der Waals surface area (Å²) in [6, 6.07) is 12.4. The molecule has 4 N–H and O–H groups in total. The number of thiazole rings is 1. The number of aromatic hydroxyl groups is 1. The lowest BCUT2D eigenvalue weighted by molar-refractivity contribution is 0.104. The molecule has 0 bridgehead atoms. The maximum absolute atomic E-state index is 13.0. The summed E-state index contributed by atoms with van der Waals surface area (Å²) >= 11 is 1.21. The monoisotopic (exact) mass is 440 g/mol. The van der Waals surface area contributed by atoms with Crippen LogP contribution in [0, 0.1) is 0 Å². The first kappa shape index (κ1) is 22.6. The number of likely N-dealkylation sites (N-methyl/N-ethyl adjacent to an activating group) is 1. The van der Waals surface area contributed by atoms with Gasteiger partial charge in [-0.05, 0) is 68.5 Å². The molecule has 0 unspecified atom stereocenters. The molecule has 8 heteroatoms. The zero-order chi connectivity index (χ0) is 22.4. The summed E-state index contributed by atoms with van der Waals surface area (Å²) in [5.41, 5.74) is 8.09. The molecule has 0 saturated heterocycles. The second kappa shape index (κ2) is 10.3. The fourth-order valence-corrected chi connectivity index (χ4v) is 3.85. The number of aryl methyl sites for hydroxylation is 1. The number of carbonyl (C=O) groups is 1. The molecule has 0 saturated carbocycles. The fraction of sp³-hybridized carbons (Fsp3) is 0.304. The van der Waals surface area contributed by atoms with Crippen molar-refractivity contribution in [1.82, 2.24) is 9.88 Å². The summed E-state index contributed by atoms with van der Waals surface area (Å²) < 4.78 is 5.70. The SMILES string of the molecule is CCCc1cc(C(=O)c2sc(Nc3ccc(OCCN(C)C)cc3)nc2N)ccc1O. The van der Waals surface area contributed by atoms with Gasteiger partial charge in [0, 0.05) is 17.8 Å². The molecule has 0 radical (unpaired) electrons. The first-order valence-electron chi connectivity index (χ1n) is 10.1. The zero-order valence-corrected chi connectivity index (χ0v) is 18.8. The third kappa shape index (κ3) is 5.96. The number of benzene rings is 2. The van der Waals surface area contributed by atoms with Gasteiger partial charge in [0.1, 0.15) is 28.8 Å². The van der Waals surface area contributed by atoms with Crippen LogP contribution in [-0.4, -0.2) is 48.0 Å². The van der Waals surface area contributed by atoms with E-state index < -0.39 is 0 Å². The van der Waals surface area contributed by atoms with Gasteiger partial charge in [0.2, 0.25) is 5.78 Å². The van der Waals surface area contributed by atoms with E-state index >= 15 is 0 Å². The second-order valence-corrected chi connectivity index (χ2v) is 8.46. The van der Waals surface area contributed by atoms with Crippen molar-refractivity contribution < 1.29 is 14.6 Å². The molecule has 0 fully saturated rings. The fourth-order valence-electron chi connectivity index (χ4n) is 2.98. The van der Waals surface area contributed by atoms with E-state index in [1.165, 1.54) is 11.3 Å². The summed E-state index contributed by atoms with van der Waals surface area (Å²) in [6.07, 6.45) is 1.58. The minimum atomic E-state index is -0.204. The Kier molecular flexibility index (Phi) is 7.49. The van der Waals surface area contributed by atoms with Gasteiger partial charge < -0.3 is 25.8 Å². The van der Waals surface area contributed by atoms with Gasteiger partial charge in [0.25, 0.3) is 0 Å². The van der Waals surface area contributed by atoms with E-state index in [1.54, 1.807) is 18.2 Å². The van der Waals surface area contributed by atoms with Gasteiger partial charge in [-0.2, -0.15) is 0 Å². The van der Waals surface area contributed by atoms with Crippen LogP contribution in [0.2, 0.25) is 0 Å². The number of nitrogens with zero attached hydrogens (tertiary/aromatic N) is 2. The number of nitrogen functional groups attached to an aromatic ring is 1. The van der Waals surface area contributed by atoms with Crippen molar-refractivity contribution in [3.8, 4) is 11.5 Å². The van der Waals surface area contributed by atoms with Crippen LogP contribution in [0.15, 0.2) is 42.5 Å². The highest BCUT2D eigenvalue weighted by atomic mass is 32.1. The van der Waals surface area contributed by atoms with Crippen LogP contribution in [0.25, 0.3) is 0 Å². The molecule has 0 aliphatic heterocycles. The minimum absolute atomic E-state index is 0.186. The van der Waals surface area contributed by atoms with Crippen molar-refractivity contribution in [2.24, 2.45) is 0 Å². The number of nitrogens with two attached hydrogens (primary N) is 1. The predicted molar refractivity (Wildman–Crippen MR) is 126 cm³/mol. The molecule has 0 amide bonds. The van der Waals surface area contributed by atoms with E-state index in [4.69, 9.17) is 10.5 Å². The molecule has 164 valence electrons. The van der Waals surface area contributed by atoms with Gasteiger partial charge in [0.15, 0.2) is 5.13 Å². The summed E-state index contributed by atoms with van der Waals surface area (Å²) in [5.74, 6) is 0.973. The highest BCUT2D eigenvalue weighted by molar-refractivity contribution is 7.18. The number of phenols is 1. The molecule has 1 aromatic heterocycles. The molecule has 0 aliphatic rings. The van der Waals surface area contributed by atoms with Crippen molar-refractivity contribution >= 4 is 33.8 Å². The third-order valence-corrected chi connectivity index (χ3v) is 5.62. The lowest BCUT2D eigenvalue weighted by atomic mass is 10.0. The molecule has 2 aromatic carbocycles. The number of carbonyl (C=O) groups excluding carboxylic acids is 1. The van der Waals surface area contributed by atoms with E-state index in [0.717, 1.165) is 30.0 Å². The van der Waals surface area contributed by atoms with Gasteiger partial charge in [-0.1, -0.05) is 24.7 Å². The summed E-state index contributed by atoms with van der Waals surface area (Å²) in [4.78, 5) is 19.7. The van der Waals surface area contributed by atoms with Crippen molar-refractivity contribution in [2.45, 2.75) is 19.8 Å². The maximum atomic E-state index is 13.0. The van der Waals surface area contributed by atoms with Gasteiger partial charge in [0.05, 0.1) is 0 Å². The van der Waals surface area contributed by atoms with Crippen LogP contribution in [0.4, 0.5) is 16.6 Å². The standard InChI is InChI=1S/C23H28N4O3S/c1-4-5-15-14-16(6-11-19(15)28)20(29)21-22(24)26-23(31-21)25-17-7-9-18(10-8-17)30-13-12-27(2)3/h6-11,14,28H,4-5,12-13,24H2,1-3H3,(H,25,26). The molecule has 3 rings (SSSR count). The van der Waals surface area contributed by atoms with Crippen molar-refractivity contribution in [3.63, 3.8) is 0 Å². The van der Waals surface area contributed by atoms with Gasteiger partial charge in [-0.3, -0.25) is 4.79 Å². The van der Waals surface area contributed by atoms with Crippen molar-refractivity contribution in [1.29, 1.82) is 0 Å². The van der Waals surface area contributed by atoms with Gasteiger partial charge in [-0.25, -0.2) is 4.98 Å². The highest BCUT2D eigenvalue weighted by Gasteiger charge is 2.19. The smallest absolute Gasteiger partial charge is 0.206 e. The molecular weight excluding hydrogens is 412 g/mol. The topological polar surface area (TPSA) is 101 Å². The average molecular weight is 441 g/mol. The largest absolute Gasteiger partial charge is 0.508 e. The average Bonchev–Trinajstić information content (AvgIpc) is 3.10. The van der Waals surface area contributed by atoms with E-state index in [-0.39, 0.29) is 17.4 Å². The van der Waals surface area contributed by atoms with Crippen LogP contribution in [-0.2, 0) is 6.42 Å². The van der Waals surface area contributed by atoms with Crippen LogP contribution < -0.4 is 15.8 Å².